The smallest absolute Gasteiger partial charge is 0.222 e. The van der Waals surface area contributed by atoms with E-state index in [0.29, 0.717) is 38.3 Å². The Bertz CT molecular complexity index is 438. The molecule has 0 bridgehead atoms. The van der Waals surface area contributed by atoms with Gasteiger partial charge in [0.15, 0.2) is 0 Å². The van der Waals surface area contributed by atoms with Gasteiger partial charge >= 0.3 is 0 Å². The summed E-state index contributed by atoms with van der Waals surface area (Å²) in [6, 6.07) is -0.0182. The van der Waals surface area contributed by atoms with Crippen molar-refractivity contribution in [1.29, 1.82) is 0 Å². The van der Waals surface area contributed by atoms with Crippen molar-refractivity contribution in [2.75, 3.05) is 31.9 Å². The molecule has 0 spiro atoms. The molecule has 2 rings (SSSR count). The van der Waals surface area contributed by atoms with Gasteiger partial charge in [0, 0.05) is 25.6 Å². The summed E-state index contributed by atoms with van der Waals surface area (Å²) in [5.41, 5.74) is 0. The number of hydrogen-bond acceptors (Lipinski definition) is 4. The lowest BCUT2D eigenvalue weighted by atomic mass is 9.95. The number of amides is 1. The molecule has 1 amide bonds. The Morgan fingerprint density at radius 1 is 1.29 bits per heavy atom. The second kappa shape index (κ2) is 7.56. The van der Waals surface area contributed by atoms with Crippen LogP contribution in [0.3, 0.4) is 0 Å². The zero-order valence-electron chi connectivity index (χ0n) is 12.8. The highest BCUT2D eigenvalue weighted by atomic mass is 32.2. The number of hydrogen-bond donors (Lipinski definition) is 2. The molecule has 0 aromatic heterocycles. The van der Waals surface area contributed by atoms with E-state index in [1.807, 2.05) is 4.90 Å². The van der Waals surface area contributed by atoms with Gasteiger partial charge in [-0.1, -0.05) is 0 Å². The van der Waals surface area contributed by atoms with Crippen molar-refractivity contribution < 1.29 is 13.2 Å². The van der Waals surface area contributed by atoms with Crippen molar-refractivity contribution in [3.63, 3.8) is 0 Å². The average molecular weight is 317 g/mol. The fourth-order valence-electron chi connectivity index (χ4n) is 3.06. The first-order valence-corrected chi connectivity index (χ1v) is 9.64. The molecule has 0 radical (unpaired) electrons. The Hall–Kier alpha value is -0.660. The first-order valence-electron chi connectivity index (χ1n) is 7.98. The van der Waals surface area contributed by atoms with Crippen LogP contribution >= 0.6 is 0 Å². The largest absolute Gasteiger partial charge is 0.343 e. The van der Waals surface area contributed by atoms with Crippen molar-refractivity contribution in [3.8, 4) is 0 Å². The fourth-order valence-corrected chi connectivity index (χ4v) is 3.97. The zero-order valence-corrected chi connectivity index (χ0v) is 13.6. The number of carbonyl (C=O) groups is 1. The third-order valence-electron chi connectivity index (χ3n) is 4.44. The van der Waals surface area contributed by atoms with Crippen molar-refractivity contribution in [3.05, 3.63) is 0 Å². The minimum Gasteiger partial charge on any atom is -0.343 e. The summed E-state index contributed by atoms with van der Waals surface area (Å²) in [6.45, 7) is 4.97. The number of nitrogens with one attached hydrogen (secondary N) is 2. The predicted molar refractivity (Wildman–Crippen MR) is 82.4 cm³/mol. The van der Waals surface area contributed by atoms with Crippen LogP contribution in [0.25, 0.3) is 0 Å². The second-order valence-electron chi connectivity index (χ2n) is 6.09. The quantitative estimate of drug-likeness (QED) is 0.765. The van der Waals surface area contributed by atoms with E-state index in [4.69, 9.17) is 0 Å². The van der Waals surface area contributed by atoms with Crippen LogP contribution in [-0.4, -0.2) is 57.2 Å². The Morgan fingerprint density at radius 2 is 2.00 bits per heavy atom. The van der Waals surface area contributed by atoms with Crippen LogP contribution in [0.1, 0.15) is 39.0 Å². The molecule has 0 aromatic rings. The lowest BCUT2D eigenvalue weighted by Crippen LogP contribution is -2.47. The number of carbonyl (C=O) groups excluding carboxylic acids is 1. The number of rotatable bonds is 5. The molecule has 1 atom stereocenters. The van der Waals surface area contributed by atoms with Crippen molar-refractivity contribution in [2.45, 2.75) is 45.1 Å². The third-order valence-corrected chi connectivity index (χ3v) is 5.89. The molecule has 0 aliphatic carbocycles. The molecule has 2 N–H and O–H groups in total. The van der Waals surface area contributed by atoms with Crippen LogP contribution in [0.15, 0.2) is 0 Å². The molecule has 2 heterocycles. The van der Waals surface area contributed by atoms with Gasteiger partial charge in [-0.25, -0.2) is 13.1 Å². The molecule has 2 fully saturated rings. The highest BCUT2D eigenvalue weighted by Gasteiger charge is 2.27. The van der Waals surface area contributed by atoms with E-state index >= 15 is 0 Å². The minimum atomic E-state index is -3.14. The number of piperidine rings is 2. The highest BCUT2D eigenvalue weighted by molar-refractivity contribution is 7.89. The van der Waals surface area contributed by atoms with Crippen molar-refractivity contribution in [2.24, 2.45) is 5.92 Å². The Labute approximate surface area is 127 Å². The number of likely N-dealkylation sites (tertiary alicyclic amines) is 1. The van der Waals surface area contributed by atoms with E-state index in [1.165, 1.54) is 0 Å². The molecule has 2 saturated heterocycles. The summed E-state index contributed by atoms with van der Waals surface area (Å²) in [5.74, 6) is 0.795. The molecule has 2 aliphatic heterocycles. The minimum absolute atomic E-state index is 0.0182. The number of nitrogens with zero attached hydrogens (tertiary/aromatic N) is 1. The summed E-state index contributed by atoms with van der Waals surface area (Å²) in [5, 5.41) is 3.33. The molecule has 0 aromatic carbocycles. The summed E-state index contributed by atoms with van der Waals surface area (Å²) < 4.78 is 25.8. The van der Waals surface area contributed by atoms with Gasteiger partial charge in [-0.05, 0) is 51.6 Å². The van der Waals surface area contributed by atoms with Gasteiger partial charge in [-0.15, -0.1) is 0 Å². The highest BCUT2D eigenvalue weighted by Crippen LogP contribution is 2.18. The Kier molecular flexibility index (Phi) is 6.01. The monoisotopic (exact) mass is 317 g/mol. The molecule has 2 aliphatic rings. The van der Waals surface area contributed by atoms with Crippen LogP contribution in [0.5, 0.6) is 0 Å². The molecule has 21 heavy (non-hydrogen) atoms. The van der Waals surface area contributed by atoms with Crippen LogP contribution in [0, 0.1) is 5.92 Å². The van der Waals surface area contributed by atoms with E-state index in [1.54, 1.807) is 6.92 Å². The normalized spacial score (nSPS) is 25.0. The third kappa shape index (κ3) is 5.23. The van der Waals surface area contributed by atoms with E-state index < -0.39 is 10.0 Å². The van der Waals surface area contributed by atoms with E-state index in [2.05, 4.69) is 10.0 Å². The maximum absolute atomic E-state index is 12.3. The summed E-state index contributed by atoms with van der Waals surface area (Å²) in [6.07, 6.45) is 4.34. The lowest BCUT2D eigenvalue weighted by molar-refractivity contribution is -0.133. The van der Waals surface area contributed by atoms with Gasteiger partial charge in [0.2, 0.25) is 15.9 Å². The van der Waals surface area contributed by atoms with Crippen LogP contribution in [0.2, 0.25) is 0 Å². The molecule has 0 saturated carbocycles. The van der Waals surface area contributed by atoms with Crippen molar-refractivity contribution in [1.82, 2.24) is 14.9 Å². The van der Waals surface area contributed by atoms with Gasteiger partial charge < -0.3 is 10.2 Å². The average Bonchev–Trinajstić information content (AvgIpc) is 2.48. The lowest BCUT2D eigenvalue weighted by Gasteiger charge is -2.33. The maximum Gasteiger partial charge on any atom is 0.222 e. The standard InChI is InChI=1S/C14H27N3O3S/c1-2-21(19,20)16-13-5-8-17(9-6-13)14(18)10-12-4-3-7-15-11-12/h12-13,15-16H,2-11H2,1H3. The van der Waals surface area contributed by atoms with Gasteiger partial charge in [0.05, 0.1) is 5.75 Å². The molecular weight excluding hydrogens is 290 g/mol. The Morgan fingerprint density at radius 3 is 2.57 bits per heavy atom. The molecule has 6 nitrogen and oxygen atoms in total. The van der Waals surface area contributed by atoms with Crippen LogP contribution in [-0.2, 0) is 14.8 Å². The summed E-state index contributed by atoms with van der Waals surface area (Å²) >= 11 is 0. The van der Waals surface area contributed by atoms with E-state index in [0.717, 1.165) is 25.9 Å². The van der Waals surface area contributed by atoms with Crippen LogP contribution in [0.4, 0.5) is 0 Å². The van der Waals surface area contributed by atoms with Gasteiger partial charge in [0.25, 0.3) is 0 Å². The number of sulfonamides is 1. The molecule has 122 valence electrons. The maximum atomic E-state index is 12.3. The summed E-state index contributed by atoms with van der Waals surface area (Å²) in [4.78, 5) is 14.2. The second-order valence-corrected chi connectivity index (χ2v) is 8.14. The molecular formula is C14H27N3O3S. The Balaban J connectivity index is 1.74. The topological polar surface area (TPSA) is 78.5 Å². The van der Waals surface area contributed by atoms with E-state index in [-0.39, 0.29) is 17.7 Å². The molecule has 7 heteroatoms. The first-order chi connectivity index (χ1) is 10.00. The van der Waals surface area contributed by atoms with Gasteiger partial charge in [-0.2, -0.15) is 0 Å². The fraction of sp³-hybridized carbons (Fsp3) is 0.929. The zero-order chi connectivity index (χ0) is 15.3. The SMILES string of the molecule is CCS(=O)(=O)NC1CCN(C(=O)CC2CCCNC2)CC1. The van der Waals surface area contributed by atoms with Gasteiger partial charge in [0.1, 0.15) is 0 Å². The van der Waals surface area contributed by atoms with Gasteiger partial charge in [-0.3, -0.25) is 4.79 Å². The van der Waals surface area contributed by atoms with Crippen molar-refractivity contribution >= 4 is 15.9 Å². The van der Waals surface area contributed by atoms with Crippen LogP contribution < -0.4 is 10.0 Å². The molecule has 1 unspecified atom stereocenters. The summed E-state index contributed by atoms with van der Waals surface area (Å²) in [7, 11) is -3.14. The van der Waals surface area contributed by atoms with E-state index in [9.17, 15) is 13.2 Å². The predicted octanol–water partition coefficient (Wildman–Crippen LogP) is 0.306. The first kappa shape index (κ1) is 16.7.